The van der Waals surface area contributed by atoms with E-state index in [4.69, 9.17) is 4.74 Å². The maximum Gasteiger partial charge on any atom is 0.258 e. The fourth-order valence-electron chi connectivity index (χ4n) is 3.97. The van der Waals surface area contributed by atoms with Gasteiger partial charge in [-0.3, -0.25) is 14.2 Å². The highest BCUT2D eigenvalue weighted by Gasteiger charge is 2.19. The molecule has 1 amide bonds. The van der Waals surface area contributed by atoms with E-state index in [1.54, 1.807) is 34.9 Å². The van der Waals surface area contributed by atoms with Crippen molar-refractivity contribution in [1.29, 1.82) is 0 Å². The number of hydrogen-bond acceptors (Lipinski definition) is 6. The number of nitrogens with zero attached hydrogens (tertiary/aromatic N) is 6. The molecule has 0 unspecified atom stereocenters. The molecule has 35 heavy (non-hydrogen) atoms. The molecule has 0 aliphatic carbocycles. The predicted octanol–water partition coefficient (Wildman–Crippen LogP) is 4.74. The number of methoxy groups -OCH3 is 1. The number of amides is 1. The second-order valence-corrected chi connectivity index (χ2v) is 8.48. The summed E-state index contributed by atoms with van der Waals surface area (Å²) in [6.07, 6.45) is 6.74. The van der Waals surface area contributed by atoms with Crippen LogP contribution in [0, 0.1) is 0 Å². The fourth-order valence-corrected chi connectivity index (χ4v) is 3.97. The van der Waals surface area contributed by atoms with Gasteiger partial charge in [0.15, 0.2) is 0 Å². The van der Waals surface area contributed by atoms with Gasteiger partial charge in [0.1, 0.15) is 17.8 Å². The summed E-state index contributed by atoms with van der Waals surface area (Å²) < 4.78 is 9.07. The van der Waals surface area contributed by atoms with Crippen LogP contribution in [-0.2, 0) is 7.05 Å². The van der Waals surface area contributed by atoms with Gasteiger partial charge in [-0.15, -0.1) is 0 Å². The molecule has 9 nitrogen and oxygen atoms in total. The third-order valence-electron chi connectivity index (χ3n) is 5.73. The van der Waals surface area contributed by atoms with Crippen LogP contribution in [0.15, 0.2) is 67.4 Å². The smallest absolute Gasteiger partial charge is 0.258 e. The number of benzene rings is 2. The first-order chi connectivity index (χ1) is 16.9. The molecular weight excluding hydrogens is 442 g/mol. The molecule has 0 radical (unpaired) electrons. The third-order valence-corrected chi connectivity index (χ3v) is 5.73. The zero-order valence-corrected chi connectivity index (χ0v) is 19.9. The minimum Gasteiger partial charge on any atom is -0.494 e. The van der Waals surface area contributed by atoms with E-state index < -0.39 is 0 Å². The van der Waals surface area contributed by atoms with Crippen LogP contribution in [-0.4, -0.2) is 42.5 Å². The Morgan fingerprint density at radius 1 is 1.06 bits per heavy atom. The molecule has 0 aliphatic heterocycles. The number of rotatable bonds is 6. The van der Waals surface area contributed by atoms with Gasteiger partial charge in [0.2, 0.25) is 0 Å². The summed E-state index contributed by atoms with van der Waals surface area (Å²) in [6.45, 7) is 4.01. The highest BCUT2D eigenvalue weighted by Crippen LogP contribution is 2.37. The number of aromatic nitrogens is 6. The molecule has 0 saturated carbocycles. The Labute approximate surface area is 202 Å². The van der Waals surface area contributed by atoms with E-state index >= 15 is 0 Å². The maximum absolute atomic E-state index is 13.0. The molecule has 1 N–H and O–H groups in total. The summed E-state index contributed by atoms with van der Waals surface area (Å²) in [5.74, 6) is 0.223. The van der Waals surface area contributed by atoms with E-state index in [9.17, 15) is 4.79 Å². The van der Waals surface area contributed by atoms with Crippen LogP contribution < -0.4 is 10.1 Å². The van der Waals surface area contributed by atoms with Crippen molar-refractivity contribution in [2.75, 3.05) is 12.4 Å². The van der Waals surface area contributed by atoms with Crippen molar-refractivity contribution in [2.24, 2.45) is 7.05 Å². The van der Waals surface area contributed by atoms with Crippen LogP contribution in [0.4, 0.5) is 5.69 Å². The van der Waals surface area contributed by atoms with Crippen LogP contribution in [0.5, 0.6) is 5.75 Å². The number of fused-ring (bicyclic) bond motifs is 1. The van der Waals surface area contributed by atoms with Gasteiger partial charge in [0.25, 0.3) is 5.91 Å². The molecule has 0 spiro atoms. The predicted molar refractivity (Wildman–Crippen MR) is 134 cm³/mol. The molecule has 0 atom stereocenters. The first-order valence-electron chi connectivity index (χ1n) is 11.2. The van der Waals surface area contributed by atoms with Crippen LogP contribution >= 0.6 is 0 Å². The average Bonchev–Trinajstić information content (AvgIpc) is 3.51. The van der Waals surface area contributed by atoms with Gasteiger partial charge in [0, 0.05) is 48.1 Å². The molecule has 0 fully saturated rings. The van der Waals surface area contributed by atoms with Crippen LogP contribution in [0.2, 0.25) is 0 Å². The molecular formula is C26H25N7O2. The summed E-state index contributed by atoms with van der Waals surface area (Å²) in [4.78, 5) is 22.0. The van der Waals surface area contributed by atoms with Gasteiger partial charge in [-0.2, -0.15) is 10.2 Å². The lowest BCUT2D eigenvalue weighted by molar-refractivity contribution is 0.102. The molecule has 2 aromatic carbocycles. The van der Waals surface area contributed by atoms with Crippen LogP contribution in [0.1, 0.15) is 30.2 Å². The highest BCUT2D eigenvalue weighted by atomic mass is 16.5. The molecule has 5 aromatic rings. The Bertz CT molecular complexity index is 1520. The molecule has 0 bridgehead atoms. The topological polar surface area (TPSA) is 99.8 Å². The second-order valence-electron chi connectivity index (χ2n) is 8.48. The van der Waals surface area contributed by atoms with Crippen molar-refractivity contribution in [3.63, 3.8) is 0 Å². The molecule has 3 heterocycles. The first kappa shape index (κ1) is 22.3. The van der Waals surface area contributed by atoms with Crippen molar-refractivity contribution >= 4 is 22.5 Å². The van der Waals surface area contributed by atoms with E-state index in [1.807, 2.05) is 63.5 Å². The molecule has 3 aromatic heterocycles. The number of carbonyl (C=O) groups excluding carboxylic acids is 1. The Kier molecular flexibility index (Phi) is 5.74. The van der Waals surface area contributed by atoms with Gasteiger partial charge < -0.3 is 10.1 Å². The largest absolute Gasteiger partial charge is 0.494 e. The van der Waals surface area contributed by atoms with E-state index in [0.717, 1.165) is 22.2 Å². The zero-order chi connectivity index (χ0) is 24.5. The lowest BCUT2D eigenvalue weighted by Crippen LogP contribution is -2.12. The average molecular weight is 468 g/mol. The van der Waals surface area contributed by atoms with E-state index in [-0.39, 0.29) is 11.9 Å². The highest BCUT2D eigenvalue weighted by molar-refractivity contribution is 6.07. The lowest BCUT2D eigenvalue weighted by atomic mass is 10.0. The summed E-state index contributed by atoms with van der Waals surface area (Å²) in [7, 11) is 3.44. The lowest BCUT2D eigenvalue weighted by Gasteiger charge is -2.13. The molecule has 9 heteroatoms. The SMILES string of the molecule is COc1cc2ncnc(-c3cn(C)nc3-c3ccccc3)c2cc1NC(=O)c1cnn(C(C)C)c1. The number of aryl methyl sites for hydroxylation is 1. The van der Waals surface area contributed by atoms with Crippen molar-refractivity contribution in [3.05, 3.63) is 72.9 Å². The van der Waals surface area contributed by atoms with Crippen molar-refractivity contribution < 1.29 is 9.53 Å². The van der Waals surface area contributed by atoms with Crippen LogP contribution in [0.25, 0.3) is 33.4 Å². The quantitative estimate of drug-likeness (QED) is 0.387. The van der Waals surface area contributed by atoms with Crippen molar-refractivity contribution in [1.82, 2.24) is 29.5 Å². The number of nitrogens with one attached hydrogen (secondary N) is 1. The zero-order valence-electron chi connectivity index (χ0n) is 19.9. The Morgan fingerprint density at radius 2 is 1.86 bits per heavy atom. The fraction of sp³-hybridized carbons (Fsp3) is 0.192. The molecule has 5 rings (SSSR count). The number of anilines is 1. The number of carbonyl (C=O) groups is 1. The first-order valence-corrected chi connectivity index (χ1v) is 11.2. The molecule has 176 valence electrons. The normalized spacial score (nSPS) is 11.2. The van der Waals surface area contributed by atoms with Crippen molar-refractivity contribution in [3.8, 4) is 28.3 Å². The van der Waals surface area contributed by atoms with Crippen LogP contribution in [0.3, 0.4) is 0 Å². The molecule has 0 aliphatic rings. The summed E-state index contributed by atoms with van der Waals surface area (Å²) in [6, 6.07) is 13.8. The van der Waals surface area contributed by atoms with Gasteiger partial charge in [-0.25, -0.2) is 9.97 Å². The second kappa shape index (κ2) is 9.02. The van der Waals surface area contributed by atoms with Gasteiger partial charge in [-0.05, 0) is 19.9 Å². The van der Waals surface area contributed by atoms with E-state index in [0.29, 0.717) is 28.2 Å². The monoisotopic (exact) mass is 467 g/mol. The molecule has 0 saturated heterocycles. The minimum absolute atomic E-state index is 0.157. The van der Waals surface area contributed by atoms with Gasteiger partial charge in [0.05, 0.1) is 35.8 Å². The standard InChI is InChI=1S/C26H25N7O2/c1-16(2)33-13-18(12-29-33)26(34)30-22-10-19-21(11-23(22)35-4)27-15-28-25(19)20-14-32(3)31-24(20)17-8-6-5-7-9-17/h5-16H,1-4H3,(H,30,34). The Morgan fingerprint density at radius 3 is 2.57 bits per heavy atom. The number of ether oxygens (including phenoxy) is 1. The summed E-state index contributed by atoms with van der Waals surface area (Å²) >= 11 is 0. The number of hydrogen-bond donors (Lipinski definition) is 1. The Hall–Kier alpha value is -4.53. The third kappa shape index (κ3) is 4.23. The maximum atomic E-state index is 13.0. The van der Waals surface area contributed by atoms with Gasteiger partial charge in [-0.1, -0.05) is 30.3 Å². The summed E-state index contributed by atoms with van der Waals surface area (Å²) in [5.41, 5.74) is 5.06. The van der Waals surface area contributed by atoms with Gasteiger partial charge >= 0.3 is 0 Å². The summed E-state index contributed by atoms with van der Waals surface area (Å²) in [5, 5.41) is 12.7. The minimum atomic E-state index is -0.278. The Balaban J connectivity index is 1.61. The van der Waals surface area contributed by atoms with E-state index in [1.165, 1.54) is 6.33 Å². The van der Waals surface area contributed by atoms with Crippen molar-refractivity contribution in [2.45, 2.75) is 19.9 Å². The van der Waals surface area contributed by atoms with E-state index in [2.05, 4.69) is 25.5 Å².